The topological polar surface area (TPSA) is 134 Å². The van der Waals surface area contributed by atoms with Crippen LogP contribution in [0.4, 0.5) is 16.0 Å². The van der Waals surface area contributed by atoms with Crippen LogP contribution in [0.3, 0.4) is 0 Å². The summed E-state index contributed by atoms with van der Waals surface area (Å²) in [6.45, 7) is 1.74. The molecule has 1 fully saturated rings. The van der Waals surface area contributed by atoms with Crippen LogP contribution in [-0.2, 0) is 11.3 Å². The highest BCUT2D eigenvalue weighted by molar-refractivity contribution is 5.93. The minimum absolute atomic E-state index is 0.0125. The number of amides is 1. The summed E-state index contributed by atoms with van der Waals surface area (Å²) in [7, 11) is 1.84. The number of hydrogen-bond acceptors (Lipinski definition) is 9. The number of imidazole rings is 1. The fourth-order valence-corrected chi connectivity index (χ4v) is 6.65. The molecule has 6 aromatic rings. The number of carbonyl (C=O) groups excluding carboxylic acids is 1. The van der Waals surface area contributed by atoms with Crippen molar-refractivity contribution in [2.24, 2.45) is 0 Å². The molecule has 4 bridgehead atoms. The normalized spacial score (nSPS) is 18.3. The number of halogens is 1. The molecule has 46 heavy (non-hydrogen) atoms. The number of aryl methyl sites for hydroxylation is 1. The van der Waals surface area contributed by atoms with Crippen molar-refractivity contribution in [1.82, 2.24) is 39.2 Å². The van der Waals surface area contributed by atoms with Gasteiger partial charge in [0, 0.05) is 38.3 Å². The van der Waals surface area contributed by atoms with Crippen molar-refractivity contribution in [2.75, 3.05) is 30.4 Å². The Morgan fingerprint density at radius 3 is 2.85 bits per heavy atom. The molecule has 2 atom stereocenters. The maximum atomic E-state index is 14.1. The summed E-state index contributed by atoms with van der Waals surface area (Å²) in [4.78, 5) is 36.6. The van der Waals surface area contributed by atoms with E-state index >= 15 is 0 Å². The van der Waals surface area contributed by atoms with Gasteiger partial charge in [-0.05, 0) is 49.2 Å². The molecule has 2 aliphatic rings. The molecule has 0 saturated carbocycles. The van der Waals surface area contributed by atoms with E-state index in [4.69, 9.17) is 4.98 Å². The molecule has 0 radical (unpaired) electrons. The van der Waals surface area contributed by atoms with E-state index in [0.717, 1.165) is 28.7 Å². The van der Waals surface area contributed by atoms with Gasteiger partial charge in [0.25, 0.3) is 0 Å². The number of likely N-dealkylation sites (N-methyl/N-ethyl adjacent to an activating group) is 1. The fraction of sp³-hybridized carbons (Fsp3) is 0.242. The number of nitrogens with zero attached hydrogens (tertiary/aromatic N) is 10. The number of anilines is 2. The number of para-hydroxylation sites is 1. The Morgan fingerprint density at radius 2 is 1.96 bits per heavy atom. The van der Waals surface area contributed by atoms with E-state index in [1.54, 1.807) is 11.1 Å². The minimum Gasteiger partial charge on any atom is -0.365 e. The van der Waals surface area contributed by atoms with Crippen LogP contribution >= 0.6 is 0 Å². The Balaban J connectivity index is 1.19. The first-order valence-electron chi connectivity index (χ1n) is 15.1. The van der Waals surface area contributed by atoms with Gasteiger partial charge >= 0.3 is 0 Å². The van der Waals surface area contributed by atoms with Crippen LogP contribution < -0.4 is 10.2 Å². The second-order valence-corrected chi connectivity index (χ2v) is 11.6. The molecule has 4 aromatic heterocycles. The van der Waals surface area contributed by atoms with Crippen LogP contribution in [0.25, 0.3) is 39.0 Å². The van der Waals surface area contributed by atoms with Gasteiger partial charge in [-0.2, -0.15) is 10.4 Å². The maximum absolute atomic E-state index is 14.1. The predicted molar refractivity (Wildman–Crippen MR) is 170 cm³/mol. The van der Waals surface area contributed by atoms with Gasteiger partial charge in [-0.3, -0.25) is 4.79 Å². The summed E-state index contributed by atoms with van der Waals surface area (Å²) >= 11 is 0. The van der Waals surface area contributed by atoms with Gasteiger partial charge in [0.2, 0.25) is 5.91 Å². The summed E-state index contributed by atoms with van der Waals surface area (Å²) in [6.07, 6.45) is 6.18. The summed E-state index contributed by atoms with van der Waals surface area (Å²) in [6, 6.07) is 17.4. The lowest BCUT2D eigenvalue weighted by Crippen LogP contribution is -2.45. The minimum atomic E-state index is -0.512. The molecule has 1 saturated heterocycles. The number of hydrogen-bond donors (Lipinski definition) is 1. The third-order valence-corrected chi connectivity index (χ3v) is 8.79. The fourth-order valence-electron chi connectivity index (χ4n) is 6.65. The molecule has 2 aromatic carbocycles. The molecule has 228 valence electrons. The highest BCUT2D eigenvalue weighted by atomic mass is 19.1. The average molecular weight is 614 g/mol. The summed E-state index contributed by atoms with van der Waals surface area (Å²) in [5.74, 6) is 0.747. The number of benzene rings is 2. The van der Waals surface area contributed by atoms with Gasteiger partial charge in [-0.15, -0.1) is 0 Å². The first kappa shape index (κ1) is 27.6. The van der Waals surface area contributed by atoms with Gasteiger partial charge in [-0.1, -0.05) is 18.2 Å². The van der Waals surface area contributed by atoms with Gasteiger partial charge in [-0.25, -0.2) is 29.0 Å². The predicted octanol–water partition coefficient (Wildman–Crippen LogP) is 4.16. The number of aromatic nitrogens is 7. The molecule has 0 spiro atoms. The van der Waals surface area contributed by atoms with Crippen LogP contribution in [0.1, 0.15) is 18.4 Å². The van der Waals surface area contributed by atoms with Gasteiger partial charge in [0.15, 0.2) is 5.65 Å². The average Bonchev–Trinajstić information content (AvgIpc) is 3.81. The maximum Gasteiger partial charge on any atom is 0.245 e. The molecule has 0 unspecified atom stereocenters. The Morgan fingerprint density at radius 1 is 1.07 bits per heavy atom. The zero-order valence-electron chi connectivity index (χ0n) is 24.9. The highest BCUT2D eigenvalue weighted by Gasteiger charge is 2.40. The Labute approximate surface area is 262 Å². The molecular weight excluding hydrogens is 585 g/mol. The van der Waals surface area contributed by atoms with E-state index < -0.39 is 11.9 Å². The quantitative estimate of drug-likeness (QED) is 0.306. The van der Waals surface area contributed by atoms with Crippen molar-refractivity contribution in [2.45, 2.75) is 31.5 Å². The molecule has 0 aliphatic carbocycles. The number of nitriles is 1. The van der Waals surface area contributed by atoms with Crippen LogP contribution in [0.15, 0.2) is 73.4 Å². The standard InChI is InChI=1S/C33H28FN11O/c1-42-11-4-12-43-19-38-26-7-2-5-23(30(26)43)25-6-3-8-29(41-25)40-22-14-28(33(42)46)44(17-22)31-24-16-39-45(32(24)37-18-36-31)27-10-9-21(34)13-20(27)15-35/h2-3,5-10,13,16,18-19,22,28H,4,11-12,14,17H2,1H3,(H,40,41)/t22-,28-/m0/s1. The van der Waals surface area contributed by atoms with Crippen LogP contribution in [0.5, 0.6) is 0 Å². The van der Waals surface area contributed by atoms with E-state index in [1.165, 1.54) is 29.2 Å². The Hall–Kier alpha value is -5.90. The van der Waals surface area contributed by atoms with E-state index in [2.05, 4.69) is 36.0 Å². The lowest BCUT2D eigenvalue weighted by molar-refractivity contribution is -0.131. The third kappa shape index (κ3) is 4.57. The Bertz CT molecular complexity index is 2180. The molecule has 1 N–H and O–H groups in total. The van der Waals surface area contributed by atoms with Gasteiger partial charge < -0.3 is 19.7 Å². The smallest absolute Gasteiger partial charge is 0.245 e. The number of carbonyl (C=O) groups is 1. The lowest BCUT2D eigenvalue weighted by atomic mass is 10.1. The zero-order valence-corrected chi connectivity index (χ0v) is 24.9. The number of pyridine rings is 1. The zero-order chi connectivity index (χ0) is 31.4. The highest BCUT2D eigenvalue weighted by Crippen LogP contribution is 2.34. The van der Waals surface area contributed by atoms with E-state index in [0.29, 0.717) is 54.4 Å². The summed E-state index contributed by atoms with van der Waals surface area (Å²) < 4.78 is 17.5. The lowest BCUT2D eigenvalue weighted by Gasteiger charge is -2.29. The van der Waals surface area contributed by atoms with E-state index in [9.17, 15) is 14.4 Å². The molecule has 8 rings (SSSR count). The van der Waals surface area contributed by atoms with Crippen LogP contribution in [0, 0.1) is 17.1 Å². The molecule has 2 aliphatic heterocycles. The number of rotatable bonds is 2. The van der Waals surface area contributed by atoms with Crippen LogP contribution in [-0.4, -0.2) is 77.3 Å². The SMILES string of the molecule is CN1CCCn2cnc3cccc(c32)-c2cccc(n2)N[C@H]2C[C@@H](C1=O)N(c1ncnc3c1cnn3-c1ccc(F)cc1C#N)C2. The second-order valence-electron chi connectivity index (χ2n) is 11.6. The third-order valence-electron chi connectivity index (χ3n) is 8.79. The number of fused-ring (bicyclic) bond motifs is 6. The largest absolute Gasteiger partial charge is 0.365 e. The molecular formula is C33H28FN11O. The van der Waals surface area contributed by atoms with Crippen molar-refractivity contribution < 1.29 is 9.18 Å². The van der Waals surface area contributed by atoms with Crippen molar-refractivity contribution in [1.29, 1.82) is 5.26 Å². The summed E-state index contributed by atoms with van der Waals surface area (Å²) in [5.41, 5.74) is 4.77. The van der Waals surface area contributed by atoms with Crippen molar-refractivity contribution in [3.63, 3.8) is 0 Å². The molecule has 13 heteroatoms. The molecule has 12 nitrogen and oxygen atoms in total. The van der Waals surface area contributed by atoms with E-state index in [-0.39, 0.29) is 17.5 Å². The van der Waals surface area contributed by atoms with Crippen molar-refractivity contribution in [3.05, 3.63) is 84.8 Å². The first-order chi connectivity index (χ1) is 22.5. The van der Waals surface area contributed by atoms with Crippen LogP contribution in [0.2, 0.25) is 0 Å². The second kappa shape index (κ2) is 10.9. The first-order valence-corrected chi connectivity index (χ1v) is 15.1. The Kier molecular flexibility index (Phi) is 6.56. The summed E-state index contributed by atoms with van der Waals surface area (Å²) in [5, 5.41) is 18.4. The van der Waals surface area contributed by atoms with E-state index in [1.807, 2.05) is 54.7 Å². The number of nitrogens with one attached hydrogen (secondary N) is 1. The van der Waals surface area contributed by atoms with Gasteiger partial charge in [0.05, 0.1) is 45.9 Å². The van der Waals surface area contributed by atoms with Crippen molar-refractivity contribution in [3.8, 4) is 23.0 Å². The molecule has 1 amide bonds. The van der Waals surface area contributed by atoms with Crippen molar-refractivity contribution >= 4 is 39.6 Å². The van der Waals surface area contributed by atoms with Gasteiger partial charge in [0.1, 0.15) is 35.9 Å². The monoisotopic (exact) mass is 613 g/mol. The molecule has 6 heterocycles.